The van der Waals surface area contributed by atoms with Crippen LogP contribution in [-0.2, 0) is 0 Å². The van der Waals surface area contributed by atoms with Crippen molar-refractivity contribution in [3.8, 4) is 0 Å². The lowest BCUT2D eigenvalue weighted by Crippen LogP contribution is -2.19. The standard InChI is InChI=1S/C15H21ClFN/c1-4-7-18-9-12-14(15(12,2)3)11-8-10(16)5-6-13(11)17/h5-6,8,12,14,18H,4,7,9H2,1-3H3. The summed E-state index contributed by atoms with van der Waals surface area (Å²) in [5.74, 6) is 0.646. The van der Waals surface area contributed by atoms with Crippen LogP contribution in [0.15, 0.2) is 18.2 Å². The van der Waals surface area contributed by atoms with Crippen LogP contribution in [0.3, 0.4) is 0 Å². The summed E-state index contributed by atoms with van der Waals surface area (Å²) in [6, 6.07) is 4.87. The van der Waals surface area contributed by atoms with E-state index in [4.69, 9.17) is 11.6 Å². The van der Waals surface area contributed by atoms with Gasteiger partial charge in [-0.3, -0.25) is 0 Å². The van der Waals surface area contributed by atoms with Crippen LogP contribution < -0.4 is 5.32 Å². The van der Waals surface area contributed by atoms with Crippen molar-refractivity contribution in [3.05, 3.63) is 34.6 Å². The summed E-state index contributed by atoms with van der Waals surface area (Å²) in [5, 5.41) is 4.05. The highest BCUT2D eigenvalue weighted by Gasteiger charge is 2.58. The van der Waals surface area contributed by atoms with Gasteiger partial charge in [-0.1, -0.05) is 32.4 Å². The van der Waals surface area contributed by atoms with E-state index in [9.17, 15) is 4.39 Å². The summed E-state index contributed by atoms with van der Waals surface area (Å²) in [7, 11) is 0. The second-order valence-electron chi connectivity index (χ2n) is 5.78. The molecule has 1 nitrogen and oxygen atoms in total. The fourth-order valence-electron chi connectivity index (χ4n) is 2.93. The molecule has 1 aliphatic carbocycles. The van der Waals surface area contributed by atoms with E-state index in [0.29, 0.717) is 10.9 Å². The predicted molar refractivity (Wildman–Crippen MR) is 74.6 cm³/mol. The fraction of sp³-hybridized carbons (Fsp3) is 0.600. The van der Waals surface area contributed by atoms with E-state index in [0.717, 1.165) is 25.1 Å². The van der Waals surface area contributed by atoms with Gasteiger partial charge in [0.15, 0.2) is 0 Å². The summed E-state index contributed by atoms with van der Waals surface area (Å²) < 4.78 is 13.9. The molecular formula is C15H21ClFN. The van der Waals surface area contributed by atoms with Gasteiger partial charge < -0.3 is 5.32 Å². The molecule has 1 fully saturated rings. The van der Waals surface area contributed by atoms with E-state index in [1.807, 2.05) is 0 Å². The van der Waals surface area contributed by atoms with Crippen LogP contribution in [0.4, 0.5) is 4.39 Å². The molecule has 18 heavy (non-hydrogen) atoms. The molecule has 0 aromatic heterocycles. The van der Waals surface area contributed by atoms with Gasteiger partial charge in [0.2, 0.25) is 0 Å². The maximum Gasteiger partial charge on any atom is 0.126 e. The highest BCUT2D eigenvalue weighted by atomic mass is 35.5. The molecule has 2 unspecified atom stereocenters. The predicted octanol–water partition coefficient (Wildman–Crippen LogP) is 4.22. The Kier molecular flexibility index (Phi) is 3.98. The van der Waals surface area contributed by atoms with Crippen molar-refractivity contribution in [2.75, 3.05) is 13.1 Å². The van der Waals surface area contributed by atoms with Crippen molar-refractivity contribution in [2.24, 2.45) is 11.3 Å². The SMILES string of the molecule is CCCNCC1C(c2cc(Cl)ccc2F)C1(C)C. The first kappa shape index (κ1) is 13.8. The van der Waals surface area contributed by atoms with Crippen LogP contribution in [0, 0.1) is 17.2 Å². The van der Waals surface area contributed by atoms with Gasteiger partial charge in [0, 0.05) is 5.02 Å². The summed E-state index contributed by atoms with van der Waals surface area (Å²) >= 11 is 5.97. The summed E-state index contributed by atoms with van der Waals surface area (Å²) in [6.07, 6.45) is 1.13. The van der Waals surface area contributed by atoms with Gasteiger partial charge >= 0.3 is 0 Å². The smallest absolute Gasteiger partial charge is 0.126 e. The summed E-state index contributed by atoms with van der Waals surface area (Å²) in [4.78, 5) is 0. The van der Waals surface area contributed by atoms with Crippen molar-refractivity contribution in [1.82, 2.24) is 5.32 Å². The maximum absolute atomic E-state index is 13.9. The van der Waals surface area contributed by atoms with E-state index in [-0.39, 0.29) is 17.2 Å². The average molecular weight is 270 g/mol. The third kappa shape index (κ3) is 2.55. The van der Waals surface area contributed by atoms with Gasteiger partial charge in [0.05, 0.1) is 0 Å². The maximum atomic E-state index is 13.9. The van der Waals surface area contributed by atoms with E-state index >= 15 is 0 Å². The molecule has 3 heteroatoms. The second-order valence-corrected chi connectivity index (χ2v) is 6.21. The van der Waals surface area contributed by atoms with E-state index in [1.54, 1.807) is 12.1 Å². The molecule has 1 saturated carbocycles. The van der Waals surface area contributed by atoms with Gasteiger partial charge in [-0.05, 0) is 60.5 Å². The Morgan fingerprint density at radius 1 is 1.39 bits per heavy atom. The Morgan fingerprint density at radius 2 is 2.11 bits per heavy atom. The van der Waals surface area contributed by atoms with Gasteiger partial charge in [0.25, 0.3) is 0 Å². The molecule has 0 radical (unpaired) electrons. The van der Waals surface area contributed by atoms with Crippen molar-refractivity contribution in [3.63, 3.8) is 0 Å². The minimum absolute atomic E-state index is 0.129. The van der Waals surface area contributed by atoms with E-state index < -0.39 is 0 Å². The Bertz CT molecular complexity index is 431. The number of nitrogens with one attached hydrogen (secondary N) is 1. The lowest BCUT2D eigenvalue weighted by Gasteiger charge is -2.05. The number of hydrogen-bond acceptors (Lipinski definition) is 1. The van der Waals surface area contributed by atoms with Crippen LogP contribution >= 0.6 is 11.6 Å². The largest absolute Gasteiger partial charge is 0.316 e. The lowest BCUT2D eigenvalue weighted by molar-refractivity contribution is 0.517. The molecule has 0 bridgehead atoms. The first-order valence-electron chi connectivity index (χ1n) is 6.64. The van der Waals surface area contributed by atoms with Crippen molar-refractivity contribution in [1.29, 1.82) is 0 Å². The zero-order valence-electron chi connectivity index (χ0n) is 11.3. The second kappa shape index (κ2) is 5.18. The van der Waals surface area contributed by atoms with Crippen LogP contribution in [-0.4, -0.2) is 13.1 Å². The number of halogens is 2. The molecular weight excluding hydrogens is 249 g/mol. The minimum atomic E-state index is -0.129. The highest BCUT2D eigenvalue weighted by Crippen LogP contribution is 2.64. The quantitative estimate of drug-likeness (QED) is 0.790. The van der Waals surface area contributed by atoms with E-state index in [2.05, 4.69) is 26.1 Å². The summed E-state index contributed by atoms with van der Waals surface area (Å²) in [6.45, 7) is 8.54. The molecule has 1 N–H and O–H groups in total. The normalized spacial score (nSPS) is 25.2. The van der Waals surface area contributed by atoms with Gasteiger partial charge in [0.1, 0.15) is 5.82 Å². The monoisotopic (exact) mass is 269 g/mol. The fourth-order valence-corrected chi connectivity index (χ4v) is 3.11. The topological polar surface area (TPSA) is 12.0 Å². The third-order valence-electron chi connectivity index (χ3n) is 4.13. The van der Waals surface area contributed by atoms with Gasteiger partial charge in [-0.2, -0.15) is 0 Å². The molecule has 100 valence electrons. The Labute approximate surface area is 114 Å². The van der Waals surface area contributed by atoms with Crippen LogP contribution in [0.1, 0.15) is 38.7 Å². The molecule has 1 aromatic rings. The molecule has 0 saturated heterocycles. The van der Waals surface area contributed by atoms with Crippen molar-refractivity contribution >= 4 is 11.6 Å². The molecule has 0 heterocycles. The first-order valence-corrected chi connectivity index (χ1v) is 7.02. The number of benzene rings is 1. The minimum Gasteiger partial charge on any atom is -0.316 e. The molecule has 1 aromatic carbocycles. The molecule has 0 aliphatic heterocycles. The number of rotatable bonds is 5. The molecule has 0 amide bonds. The van der Waals surface area contributed by atoms with Crippen LogP contribution in [0.5, 0.6) is 0 Å². The molecule has 1 aliphatic rings. The van der Waals surface area contributed by atoms with Crippen molar-refractivity contribution in [2.45, 2.75) is 33.1 Å². The zero-order chi connectivity index (χ0) is 13.3. The zero-order valence-corrected chi connectivity index (χ0v) is 12.0. The van der Waals surface area contributed by atoms with Gasteiger partial charge in [-0.25, -0.2) is 4.39 Å². The van der Waals surface area contributed by atoms with Gasteiger partial charge in [-0.15, -0.1) is 0 Å². The Morgan fingerprint density at radius 3 is 2.78 bits per heavy atom. The van der Waals surface area contributed by atoms with Crippen LogP contribution in [0.25, 0.3) is 0 Å². The molecule has 2 rings (SSSR count). The average Bonchev–Trinajstić information content (AvgIpc) is 2.85. The molecule has 0 spiro atoms. The Balaban J connectivity index is 2.11. The van der Waals surface area contributed by atoms with Crippen molar-refractivity contribution < 1.29 is 4.39 Å². The first-order chi connectivity index (χ1) is 8.48. The third-order valence-corrected chi connectivity index (χ3v) is 4.37. The summed E-state index contributed by atoms with van der Waals surface area (Å²) in [5.41, 5.74) is 0.933. The van der Waals surface area contributed by atoms with E-state index in [1.165, 1.54) is 6.07 Å². The number of hydrogen-bond donors (Lipinski definition) is 1. The highest BCUT2D eigenvalue weighted by molar-refractivity contribution is 6.30. The Hall–Kier alpha value is -0.600. The lowest BCUT2D eigenvalue weighted by atomic mass is 10.0. The van der Waals surface area contributed by atoms with Crippen LogP contribution in [0.2, 0.25) is 5.02 Å². The molecule has 2 atom stereocenters.